The Morgan fingerprint density at radius 3 is 2.95 bits per heavy atom. The summed E-state index contributed by atoms with van der Waals surface area (Å²) in [5.41, 5.74) is 0.594. The maximum Gasteiger partial charge on any atom is 0.162 e. The molecule has 1 atom stereocenters. The van der Waals surface area contributed by atoms with Crippen molar-refractivity contribution < 1.29 is 9.47 Å². The molecule has 1 fully saturated rings. The first-order valence-corrected chi connectivity index (χ1v) is 6.62. The number of nitriles is 1. The molecule has 4 nitrogen and oxygen atoms in total. The van der Waals surface area contributed by atoms with Crippen molar-refractivity contribution in [1.29, 1.82) is 5.26 Å². The molecular weight excluding hydrogens is 240 g/mol. The van der Waals surface area contributed by atoms with E-state index in [-0.39, 0.29) is 0 Å². The van der Waals surface area contributed by atoms with E-state index in [1.165, 1.54) is 19.4 Å². The zero-order valence-electron chi connectivity index (χ0n) is 11.6. The first-order chi connectivity index (χ1) is 9.22. The smallest absolute Gasteiger partial charge is 0.162 e. The molecule has 0 aromatic heterocycles. The van der Waals surface area contributed by atoms with Gasteiger partial charge in [0, 0.05) is 18.5 Å². The lowest BCUT2D eigenvalue weighted by Crippen LogP contribution is -2.34. The number of hydrogen-bond acceptors (Lipinski definition) is 4. The average molecular weight is 260 g/mol. The largest absolute Gasteiger partial charge is 0.493 e. The van der Waals surface area contributed by atoms with Crippen LogP contribution in [0.25, 0.3) is 0 Å². The summed E-state index contributed by atoms with van der Waals surface area (Å²) in [5.74, 6) is 1.90. The van der Waals surface area contributed by atoms with Crippen LogP contribution in [-0.2, 0) is 0 Å². The summed E-state index contributed by atoms with van der Waals surface area (Å²) < 4.78 is 11.1. The van der Waals surface area contributed by atoms with Gasteiger partial charge in [-0.1, -0.05) is 0 Å². The lowest BCUT2D eigenvalue weighted by atomic mass is 9.99. The van der Waals surface area contributed by atoms with Gasteiger partial charge in [0.05, 0.1) is 25.3 Å². The van der Waals surface area contributed by atoms with Crippen LogP contribution in [0.4, 0.5) is 0 Å². The van der Waals surface area contributed by atoms with Crippen molar-refractivity contribution in [2.75, 3.05) is 33.9 Å². The van der Waals surface area contributed by atoms with Crippen LogP contribution in [-0.4, -0.2) is 38.8 Å². The molecule has 1 aromatic rings. The van der Waals surface area contributed by atoms with E-state index >= 15 is 0 Å². The van der Waals surface area contributed by atoms with E-state index in [2.05, 4.69) is 18.0 Å². The van der Waals surface area contributed by atoms with Crippen LogP contribution in [0.15, 0.2) is 18.2 Å². The maximum atomic E-state index is 8.92. The highest BCUT2D eigenvalue weighted by Crippen LogP contribution is 2.29. The highest BCUT2D eigenvalue weighted by atomic mass is 16.5. The molecule has 0 bridgehead atoms. The molecule has 1 aliphatic rings. The zero-order chi connectivity index (χ0) is 13.7. The standard InChI is InChI=1S/C15H20N2O2/c1-17-7-3-4-13(10-17)11-19-15-8-12(9-16)5-6-14(15)18-2/h5-6,8,13H,3-4,7,10-11H2,1-2H3. The Hall–Kier alpha value is -1.73. The lowest BCUT2D eigenvalue weighted by Gasteiger charge is -2.29. The number of benzene rings is 1. The van der Waals surface area contributed by atoms with Crippen molar-refractivity contribution in [3.63, 3.8) is 0 Å². The number of likely N-dealkylation sites (tertiary alicyclic amines) is 1. The third kappa shape index (κ3) is 3.62. The van der Waals surface area contributed by atoms with E-state index in [0.717, 1.165) is 6.54 Å². The second-order valence-electron chi connectivity index (χ2n) is 5.06. The summed E-state index contributed by atoms with van der Waals surface area (Å²) in [6.07, 6.45) is 2.42. The molecule has 0 aliphatic carbocycles. The van der Waals surface area contributed by atoms with Crippen LogP contribution in [0.3, 0.4) is 0 Å². The van der Waals surface area contributed by atoms with Gasteiger partial charge in [0.15, 0.2) is 11.5 Å². The zero-order valence-corrected chi connectivity index (χ0v) is 11.6. The molecule has 4 heteroatoms. The predicted molar refractivity (Wildman–Crippen MR) is 73.4 cm³/mol. The van der Waals surface area contributed by atoms with Crippen LogP contribution in [0.1, 0.15) is 18.4 Å². The first-order valence-electron chi connectivity index (χ1n) is 6.62. The van der Waals surface area contributed by atoms with Crippen molar-refractivity contribution in [2.24, 2.45) is 5.92 Å². The van der Waals surface area contributed by atoms with E-state index in [1.807, 2.05) is 0 Å². The average Bonchev–Trinajstić information content (AvgIpc) is 2.45. The van der Waals surface area contributed by atoms with E-state index in [4.69, 9.17) is 14.7 Å². The van der Waals surface area contributed by atoms with Crippen molar-refractivity contribution in [1.82, 2.24) is 4.90 Å². The number of rotatable bonds is 4. The Morgan fingerprint density at radius 1 is 1.42 bits per heavy atom. The summed E-state index contributed by atoms with van der Waals surface area (Å²) in [6.45, 7) is 2.92. The van der Waals surface area contributed by atoms with Crippen LogP contribution in [0.5, 0.6) is 11.5 Å². The SMILES string of the molecule is COc1ccc(C#N)cc1OCC1CCCN(C)C1. The highest BCUT2D eigenvalue weighted by Gasteiger charge is 2.18. The minimum absolute atomic E-state index is 0.550. The summed E-state index contributed by atoms with van der Waals surface area (Å²) in [5, 5.41) is 8.92. The topological polar surface area (TPSA) is 45.5 Å². The molecule has 2 rings (SSSR count). The van der Waals surface area contributed by atoms with E-state index < -0.39 is 0 Å². The fourth-order valence-electron chi connectivity index (χ4n) is 2.48. The molecule has 0 radical (unpaired) electrons. The fraction of sp³-hybridized carbons (Fsp3) is 0.533. The van der Waals surface area contributed by atoms with Gasteiger partial charge in [-0.05, 0) is 38.6 Å². The van der Waals surface area contributed by atoms with E-state index in [0.29, 0.717) is 29.6 Å². The summed E-state index contributed by atoms with van der Waals surface area (Å²) in [7, 11) is 3.76. The third-order valence-corrected chi connectivity index (χ3v) is 3.49. The molecule has 1 unspecified atom stereocenters. The van der Waals surface area contributed by atoms with Crippen LogP contribution < -0.4 is 9.47 Å². The molecular formula is C15H20N2O2. The number of hydrogen-bond donors (Lipinski definition) is 0. The fourth-order valence-corrected chi connectivity index (χ4v) is 2.48. The molecule has 1 heterocycles. The van der Waals surface area contributed by atoms with Crippen molar-refractivity contribution in [3.05, 3.63) is 23.8 Å². The van der Waals surface area contributed by atoms with Crippen molar-refractivity contribution in [2.45, 2.75) is 12.8 Å². The van der Waals surface area contributed by atoms with Gasteiger partial charge in [-0.3, -0.25) is 0 Å². The summed E-state index contributed by atoms with van der Waals surface area (Å²) >= 11 is 0. The Labute approximate surface area is 114 Å². The van der Waals surface area contributed by atoms with Gasteiger partial charge in [0.2, 0.25) is 0 Å². The van der Waals surface area contributed by atoms with Gasteiger partial charge in [0.1, 0.15) is 0 Å². The Balaban J connectivity index is 2.00. The quantitative estimate of drug-likeness (QED) is 0.833. The van der Waals surface area contributed by atoms with Crippen molar-refractivity contribution >= 4 is 0 Å². The molecule has 1 aromatic carbocycles. The van der Waals surface area contributed by atoms with Gasteiger partial charge < -0.3 is 14.4 Å². The van der Waals surface area contributed by atoms with Crippen LogP contribution in [0.2, 0.25) is 0 Å². The normalized spacial score (nSPS) is 19.7. The summed E-state index contributed by atoms with van der Waals surface area (Å²) in [6, 6.07) is 7.38. The Bertz CT molecular complexity index is 468. The Kier molecular flexibility index (Phi) is 4.64. The molecule has 1 saturated heterocycles. The molecule has 0 saturated carbocycles. The first kappa shape index (κ1) is 13.7. The molecule has 0 N–H and O–H groups in total. The van der Waals surface area contributed by atoms with Crippen LogP contribution in [0, 0.1) is 17.2 Å². The third-order valence-electron chi connectivity index (χ3n) is 3.49. The molecule has 1 aliphatic heterocycles. The maximum absolute atomic E-state index is 8.92. The molecule has 102 valence electrons. The van der Waals surface area contributed by atoms with Crippen molar-refractivity contribution in [3.8, 4) is 17.6 Å². The number of ether oxygens (including phenoxy) is 2. The minimum Gasteiger partial charge on any atom is -0.493 e. The second kappa shape index (κ2) is 6.44. The molecule has 0 spiro atoms. The molecule has 19 heavy (non-hydrogen) atoms. The highest BCUT2D eigenvalue weighted by molar-refractivity contribution is 5.46. The molecule has 0 amide bonds. The predicted octanol–water partition coefficient (Wildman–Crippen LogP) is 2.29. The minimum atomic E-state index is 0.550. The van der Waals surface area contributed by atoms with E-state index in [1.54, 1.807) is 25.3 Å². The van der Waals surface area contributed by atoms with Gasteiger partial charge in [-0.15, -0.1) is 0 Å². The second-order valence-corrected chi connectivity index (χ2v) is 5.06. The van der Waals surface area contributed by atoms with Crippen LogP contribution >= 0.6 is 0 Å². The number of piperidine rings is 1. The Morgan fingerprint density at radius 2 is 2.26 bits per heavy atom. The summed E-state index contributed by atoms with van der Waals surface area (Å²) in [4.78, 5) is 2.33. The lowest BCUT2D eigenvalue weighted by molar-refractivity contribution is 0.148. The van der Waals surface area contributed by atoms with Gasteiger partial charge in [-0.25, -0.2) is 0 Å². The number of methoxy groups -OCH3 is 1. The van der Waals surface area contributed by atoms with Gasteiger partial charge in [-0.2, -0.15) is 5.26 Å². The van der Waals surface area contributed by atoms with Gasteiger partial charge >= 0.3 is 0 Å². The van der Waals surface area contributed by atoms with Gasteiger partial charge in [0.25, 0.3) is 0 Å². The number of nitrogens with zero attached hydrogens (tertiary/aromatic N) is 2. The van der Waals surface area contributed by atoms with E-state index in [9.17, 15) is 0 Å². The monoisotopic (exact) mass is 260 g/mol.